The molecule has 3 nitrogen and oxygen atoms in total. The van der Waals surface area contributed by atoms with Crippen LogP contribution < -0.4 is 10.6 Å². The molecule has 0 unspecified atom stereocenters. The fourth-order valence-electron chi connectivity index (χ4n) is 1.74. The molecule has 1 aromatic carbocycles. The van der Waals surface area contributed by atoms with E-state index >= 15 is 0 Å². The summed E-state index contributed by atoms with van der Waals surface area (Å²) in [5.41, 5.74) is 0. The van der Waals surface area contributed by atoms with Gasteiger partial charge in [0.15, 0.2) is 0 Å². The number of phenols is 1. The number of phenolic OH excluding ortho intramolecular Hbond substituents is 1. The van der Waals surface area contributed by atoms with E-state index in [0.717, 1.165) is 19.1 Å². The topological polar surface area (TPSA) is 44.3 Å². The summed E-state index contributed by atoms with van der Waals surface area (Å²) in [5.74, 6) is 0.322. The molecule has 18 heavy (non-hydrogen) atoms. The molecule has 3 heteroatoms. The summed E-state index contributed by atoms with van der Waals surface area (Å²) >= 11 is 0. The standard InChI is InChI=1S/C7H16N2.C6H6O.C2H2/c1-2-9-7-4-3-5-8-6-7;7-6-4-2-1-3-5-6;1-2/h7-9H,2-6H2,1H3;1-5,7H;1-2H/t7-;;/m1../s1. The van der Waals surface area contributed by atoms with E-state index in [2.05, 4.69) is 30.4 Å². The van der Waals surface area contributed by atoms with Crippen molar-refractivity contribution < 1.29 is 5.11 Å². The molecule has 0 radical (unpaired) electrons. The van der Waals surface area contributed by atoms with Gasteiger partial charge in [0, 0.05) is 12.6 Å². The molecule has 2 rings (SSSR count). The molecular weight excluding hydrogens is 224 g/mol. The maximum Gasteiger partial charge on any atom is 0.115 e. The summed E-state index contributed by atoms with van der Waals surface area (Å²) in [4.78, 5) is 0. The van der Waals surface area contributed by atoms with E-state index in [1.807, 2.05) is 6.07 Å². The molecule has 1 aliphatic heterocycles. The number of nitrogens with one attached hydrogen (secondary N) is 2. The number of hydrogen-bond donors (Lipinski definition) is 3. The predicted molar refractivity (Wildman–Crippen MR) is 77.6 cm³/mol. The maximum atomic E-state index is 8.63. The number of benzene rings is 1. The highest BCUT2D eigenvalue weighted by atomic mass is 16.3. The predicted octanol–water partition coefficient (Wildman–Crippen LogP) is 1.99. The lowest BCUT2D eigenvalue weighted by atomic mass is 10.1. The van der Waals surface area contributed by atoms with Gasteiger partial charge in [0.05, 0.1) is 0 Å². The second-order valence-corrected chi connectivity index (χ2v) is 3.94. The molecule has 0 aliphatic carbocycles. The van der Waals surface area contributed by atoms with Crippen LogP contribution in [-0.4, -0.2) is 30.8 Å². The number of para-hydroxylation sites is 1. The smallest absolute Gasteiger partial charge is 0.115 e. The number of aromatic hydroxyl groups is 1. The van der Waals surface area contributed by atoms with Gasteiger partial charge in [0.25, 0.3) is 0 Å². The normalized spacial score (nSPS) is 17.6. The summed E-state index contributed by atoms with van der Waals surface area (Å²) in [7, 11) is 0. The van der Waals surface area contributed by atoms with Gasteiger partial charge >= 0.3 is 0 Å². The van der Waals surface area contributed by atoms with Gasteiger partial charge in [-0.1, -0.05) is 25.1 Å². The van der Waals surface area contributed by atoms with Gasteiger partial charge in [-0.2, -0.15) is 0 Å². The largest absolute Gasteiger partial charge is 0.508 e. The maximum absolute atomic E-state index is 8.63. The second kappa shape index (κ2) is 12.0. The Hall–Kier alpha value is -1.50. The summed E-state index contributed by atoms with van der Waals surface area (Å²) in [5, 5.41) is 15.4. The van der Waals surface area contributed by atoms with E-state index in [-0.39, 0.29) is 0 Å². The van der Waals surface area contributed by atoms with E-state index in [9.17, 15) is 0 Å². The van der Waals surface area contributed by atoms with Crippen LogP contribution in [0, 0.1) is 12.8 Å². The molecule has 0 spiro atoms. The zero-order chi connectivity index (χ0) is 13.6. The lowest BCUT2D eigenvalue weighted by Crippen LogP contribution is -2.42. The second-order valence-electron chi connectivity index (χ2n) is 3.94. The van der Waals surface area contributed by atoms with Crippen molar-refractivity contribution in [2.45, 2.75) is 25.8 Å². The molecule has 3 N–H and O–H groups in total. The molecule has 1 atom stereocenters. The van der Waals surface area contributed by atoms with Crippen molar-refractivity contribution in [2.75, 3.05) is 19.6 Å². The first kappa shape index (κ1) is 16.5. The van der Waals surface area contributed by atoms with E-state index in [1.165, 1.54) is 19.4 Å². The first-order valence-electron chi connectivity index (χ1n) is 6.34. The molecule has 0 aromatic heterocycles. The van der Waals surface area contributed by atoms with Crippen LogP contribution in [0.3, 0.4) is 0 Å². The van der Waals surface area contributed by atoms with E-state index < -0.39 is 0 Å². The first-order valence-corrected chi connectivity index (χ1v) is 6.34. The van der Waals surface area contributed by atoms with Crippen LogP contribution in [-0.2, 0) is 0 Å². The van der Waals surface area contributed by atoms with Gasteiger partial charge in [0.1, 0.15) is 5.75 Å². The van der Waals surface area contributed by atoms with Crippen molar-refractivity contribution >= 4 is 0 Å². The Morgan fingerprint density at radius 1 is 1.33 bits per heavy atom. The summed E-state index contributed by atoms with van der Waals surface area (Å²) in [6.07, 6.45) is 10.7. The molecule has 1 heterocycles. The molecule has 0 bridgehead atoms. The molecule has 1 fully saturated rings. The SMILES string of the molecule is C#C.CCN[C@@H]1CCCNC1.Oc1ccccc1. The van der Waals surface area contributed by atoms with Gasteiger partial charge in [-0.25, -0.2) is 0 Å². The van der Waals surface area contributed by atoms with Crippen LogP contribution in [0.1, 0.15) is 19.8 Å². The molecule has 1 saturated heterocycles. The highest BCUT2D eigenvalue weighted by molar-refractivity contribution is 5.18. The van der Waals surface area contributed by atoms with Crippen LogP contribution in [0.4, 0.5) is 0 Å². The fraction of sp³-hybridized carbons (Fsp3) is 0.467. The first-order chi connectivity index (χ1) is 8.83. The van der Waals surface area contributed by atoms with Crippen molar-refractivity contribution in [3.8, 4) is 18.6 Å². The Bertz CT molecular complexity index is 289. The van der Waals surface area contributed by atoms with Crippen LogP contribution in [0.25, 0.3) is 0 Å². The minimum absolute atomic E-state index is 0.322. The highest BCUT2D eigenvalue weighted by Crippen LogP contribution is 2.02. The highest BCUT2D eigenvalue weighted by Gasteiger charge is 2.09. The summed E-state index contributed by atoms with van der Waals surface area (Å²) in [6, 6.07) is 9.45. The quantitative estimate of drug-likeness (QED) is 0.701. The fourth-order valence-corrected chi connectivity index (χ4v) is 1.74. The zero-order valence-electron chi connectivity index (χ0n) is 11.1. The van der Waals surface area contributed by atoms with Gasteiger partial charge < -0.3 is 15.7 Å². The molecule has 0 saturated carbocycles. The Kier molecular flexibility index (Phi) is 11.0. The minimum atomic E-state index is 0.322. The van der Waals surface area contributed by atoms with E-state index in [4.69, 9.17) is 5.11 Å². The molecule has 1 aromatic rings. The Balaban J connectivity index is 0.000000289. The average molecular weight is 248 g/mol. The number of hydrogen-bond acceptors (Lipinski definition) is 3. The lowest BCUT2D eigenvalue weighted by molar-refractivity contribution is 0.397. The number of rotatable bonds is 2. The Morgan fingerprint density at radius 2 is 2.00 bits per heavy atom. The zero-order valence-corrected chi connectivity index (χ0v) is 11.1. The summed E-state index contributed by atoms with van der Waals surface area (Å²) in [6.45, 7) is 5.64. The number of likely N-dealkylation sites (N-methyl/N-ethyl adjacent to an activating group) is 1. The monoisotopic (exact) mass is 248 g/mol. The third-order valence-corrected chi connectivity index (χ3v) is 2.55. The van der Waals surface area contributed by atoms with E-state index in [0.29, 0.717) is 5.75 Å². The van der Waals surface area contributed by atoms with Crippen molar-refractivity contribution in [3.05, 3.63) is 30.3 Å². The van der Waals surface area contributed by atoms with Crippen molar-refractivity contribution in [1.82, 2.24) is 10.6 Å². The van der Waals surface area contributed by atoms with Gasteiger partial charge in [-0.05, 0) is 38.1 Å². The number of piperidine rings is 1. The van der Waals surface area contributed by atoms with Crippen LogP contribution in [0.15, 0.2) is 30.3 Å². The van der Waals surface area contributed by atoms with Crippen LogP contribution >= 0.6 is 0 Å². The van der Waals surface area contributed by atoms with Gasteiger partial charge in [-0.15, -0.1) is 12.8 Å². The van der Waals surface area contributed by atoms with E-state index in [1.54, 1.807) is 24.3 Å². The molecule has 1 aliphatic rings. The lowest BCUT2D eigenvalue weighted by Gasteiger charge is -2.22. The molecule has 100 valence electrons. The third kappa shape index (κ3) is 8.63. The van der Waals surface area contributed by atoms with Crippen molar-refractivity contribution in [3.63, 3.8) is 0 Å². The van der Waals surface area contributed by atoms with Crippen LogP contribution in [0.5, 0.6) is 5.75 Å². The number of terminal acetylenes is 1. The van der Waals surface area contributed by atoms with Gasteiger partial charge in [0.2, 0.25) is 0 Å². The molecule has 0 amide bonds. The van der Waals surface area contributed by atoms with Crippen molar-refractivity contribution in [2.24, 2.45) is 0 Å². The minimum Gasteiger partial charge on any atom is -0.508 e. The summed E-state index contributed by atoms with van der Waals surface area (Å²) < 4.78 is 0. The van der Waals surface area contributed by atoms with Crippen LogP contribution in [0.2, 0.25) is 0 Å². The Labute approximate surface area is 111 Å². The molecular formula is C15H24N2O. The average Bonchev–Trinajstić information content (AvgIpc) is 2.44. The Morgan fingerprint density at radius 3 is 2.39 bits per heavy atom. The van der Waals surface area contributed by atoms with Crippen molar-refractivity contribution in [1.29, 1.82) is 0 Å². The van der Waals surface area contributed by atoms with Gasteiger partial charge in [-0.3, -0.25) is 0 Å². The third-order valence-electron chi connectivity index (χ3n) is 2.55.